The summed E-state index contributed by atoms with van der Waals surface area (Å²) in [6.07, 6.45) is 0. The van der Waals surface area contributed by atoms with Crippen molar-refractivity contribution >= 4 is 61.6 Å². The van der Waals surface area contributed by atoms with Crippen LogP contribution in [0.25, 0.3) is 71.7 Å². The summed E-state index contributed by atoms with van der Waals surface area (Å²) in [5, 5.41) is 4.69. The largest absolute Gasteiger partial charge is 0.551 e. The minimum absolute atomic E-state index is 0.287. The van der Waals surface area contributed by atoms with E-state index in [1.807, 2.05) is 30.3 Å². The van der Waals surface area contributed by atoms with Gasteiger partial charge in [-0.2, -0.15) is 0 Å². The molecule has 11 rings (SSSR count). The minimum Gasteiger partial charge on any atom is -0.551 e. The molecule has 0 atom stereocenters. The molecule has 5 heteroatoms. The Morgan fingerprint density at radius 1 is 0.489 bits per heavy atom. The number of nitrogens with zero attached hydrogens (tertiary/aromatic N) is 1. The molecule has 0 bridgehead atoms. The van der Waals surface area contributed by atoms with Crippen LogP contribution in [0.15, 0.2) is 150 Å². The molecular weight excluding hydrogens is 577 g/mol. The summed E-state index contributed by atoms with van der Waals surface area (Å²) in [7, 11) is 0. The van der Waals surface area contributed by atoms with Crippen molar-refractivity contribution in [3.63, 3.8) is 0 Å². The van der Waals surface area contributed by atoms with Crippen molar-refractivity contribution in [2.45, 2.75) is 0 Å². The Bertz CT molecular complexity index is 2720. The minimum atomic E-state index is -0.287. The quantitative estimate of drug-likeness (QED) is 0.185. The summed E-state index contributed by atoms with van der Waals surface area (Å²) in [4.78, 5) is 0. The van der Waals surface area contributed by atoms with Gasteiger partial charge in [0.1, 0.15) is 28.4 Å². The molecule has 2 aromatic heterocycles. The van der Waals surface area contributed by atoms with Crippen LogP contribution in [0.4, 0.5) is 0 Å². The van der Waals surface area contributed by atoms with Gasteiger partial charge in [-0.05, 0) is 59.2 Å². The van der Waals surface area contributed by atoms with E-state index in [2.05, 4.69) is 120 Å². The predicted molar refractivity (Wildman–Crippen MR) is 191 cm³/mol. The summed E-state index contributed by atoms with van der Waals surface area (Å²) in [6, 6.07) is 51.1. The topological polar surface area (TPSA) is 36.5 Å². The molecule has 2 aliphatic rings. The maximum atomic E-state index is 6.97. The lowest BCUT2D eigenvalue weighted by Gasteiger charge is -2.33. The van der Waals surface area contributed by atoms with Gasteiger partial charge in [0.25, 0.3) is 0 Å². The first-order valence-electron chi connectivity index (χ1n) is 16.0. The van der Waals surface area contributed by atoms with Gasteiger partial charge in [0.05, 0.1) is 16.7 Å². The van der Waals surface area contributed by atoms with Crippen LogP contribution in [-0.4, -0.2) is 11.5 Å². The molecule has 2 aliphatic heterocycles. The second-order valence-electron chi connectivity index (χ2n) is 12.4. The molecule has 0 saturated heterocycles. The van der Waals surface area contributed by atoms with Gasteiger partial charge in [-0.3, -0.25) is 0 Å². The van der Waals surface area contributed by atoms with E-state index in [9.17, 15) is 0 Å². The van der Waals surface area contributed by atoms with Crippen molar-refractivity contribution < 1.29 is 13.8 Å². The second kappa shape index (κ2) is 9.18. The molecule has 0 N–H and O–H groups in total. The number of benzene rings is 7. The van der Waals surface area contributed by atoms with Crippen LogP contribution in [0.3, 0.4) is 0 Å². The maximum absolute atomic E-state index is 6.97. The monoisotopic (exact) mass is 601 g/mol. The van der Waals surface area contributed by atoms with Gasteiger partial charge in [0.15, 0.2) is 0 Å². The molecular formula is C42H24BNO3. The van der Waals surface area contributed by atoms with E-state index < -0.39 is 0 Å². The third-order valence-corrected chi connectivity index (χ3v) is 9.88. The standard InChI is InChI=1S/C42H24BNO3/c1-5-15-34-28(10-1)29-11-2-6-16-35(29)44(34)26-23-32-30-21-20-25(27-13-9-19-38-41(27)31-12-3-7-17-36(31)45-38)22-39(30)47-43-33-14-4-8-18-37(33)46-40(24-26)42(32)43/h1-24H. The summed E-state index contributed by atoms with van der Waals surface area (Å²) < 4.78 is 22.2. The van der Waals surface area contributed by atoms with Crippen molar-refractivity contribution in [2.75, 3.05) is 0 Å². The number of hydrogen-bond donors (Lipinski definition) is 0. The number of rotatable bonds is 2. The molecule has 4 nitrogen and oxygen atoms in total. The number of furan rings is 1. The smallest absolute Gasteiger partial charge is 0.434 e. The lowest BCUT2D eigenvalue weighted by Crippen LogP contribution is -2.53. The number of ether oxygens (including phenoxy) is 1. The first-order chi connectivity index (χ1) is 23.3. The number of fused-ring (bicyclic) bond motifs is 10. The molecule has 0 spiro atoms. The molecule has 4 heterocycles. The zero-order valence-electron chi connectivity index (χ0n) is 25.1. The van der Waals surface area contributed by atoms with E-state index in [1.165, 1.54) is 10.8 Å². The van der Waals surface area contributed by atoms with Gasteiger partial charge in [-0.1, -0.05) is 97.1 Å². The summed E-state index contributed by atoms with van der Waals surface area (Å²) in [5.41, 5.74) is 11.6. The normalized spacial score (nSPS) is 13.0. The van der Waals surface area contributed by atoms with Crippen molar-refractivity contribution in [3.05, 3.63) is 146 Å². The molecule has 0 aliphatic carbocycles. The van der Waals surface area contributed by atoms with E-state index in [-0.39, 0.29) is 6.92 Å². The van der Waals surface area contributed by atoms with Gasteiger partial charge in [0.2, 0.25) is 0 Å². The maximum Gasteiger partial charge on any atom is 0.434 e. The molecule has 0 radical (unpaired) electrons. The fourth-order valence-corrected chi connectivity index (χ4v) is 7.86. The Balaban J connectivity index is 1.17. The van der Waals surface area contributed by atoms with Crippen LogP contribution < -0.4 is 20.3 Å². The fourth-order valence-electron chi connectivity index (χ4n) is 7.86. The Labute approximate surface area is 270 Å². The SMILES string of the molecule is c1ccc2c(c1)Oc1cc(-n3c4ccccc4c4ccccc43)cc3c1B2Oc1cc(-c2cccc4oc5ccccc5c24)ccc1-3. The first kappa shape index (κ1) is 25.0. The fraction of sp³-hybridized carbons (Fsp3) is 0. The average molecular weight is 601 g/mol. The molecule has 9 aromatic rings. The van der Waals surface area contributed by atoms with Gasteiger partial charge in [-0.25, -0.2) is 0 Å². The highest BCUT2D eigenvalue weighted by Gasteiger charge is 2.41. The van der Waals surface area contributed by atoms with Crippen LogP contribution in [0.5, 0.6) is 17.2 Å². The van der Waals surface area contributed by atoms with Crippen molar-refractivity contribution in [1.82, 2.24) is 4.57 Å². The molecule has 218 valence electrons. The van der Waals surface area contributed by atoms with E-state index in [1.54, 1.807) is 0 Å². The van der Waals surface area contributed by atoms with Crippen molar-refractivity contribution in [2.24, 2.45) is 0 Å². The lowest BCUT2D eigenvalue weighted by molar-refractivity contribution is 0.479. The van der Waals surface area contributed by atoms with Crippen LogP contribution >= 0.6 is 0 Å². The Morgan fingerprint density at radius 2 is 1.21 bits per heavy atom. The third-order valence-electron chi connectivity index (χ3n) is 9.88. The summed E-state index contributed by atoms with van der Waals surface area (Å²) in [5.74, 6) is 2.50. The Morgan fingerprint density at radius 3 is 2.06 bits per heavy atom. The van der Waals surface area contributed by atoms with E-state index in [4.69, 9.17) is 13.8 Å². The zero-order valence-corrected chi connectivity index (χ0v) is 25.1. The van der Waals surface area contributed by atoms with Crippen molar-refractivity contribution in [3.8, 4) is 45.2 Å². The van der Waals surface area contributed by atoms with Gasteiger partial charge in [-0.15, -0.1) is 0 Å². The Hall–Kier alpha value is -6.20. The van der Waals surface area contributed by atoms with Gasteiger partial charge in [0, 0.05) is 44.1 Å². The lowest BCUT2D eigenvalue weighted by atomic mass is 9.51. The molecule has 7 aromatic carbocycles. The highest BCUT2D eigenvalue weighted by Crippen LogP contribution is 2.45. The highest BCUT2D eigenvalue weighted by molar-refractivity contribution is 6.84. The van der Waals surface area contributed by atoms with Gasteiger partial charge < -0.3 is 18.4 Å². The van der Waals surface area contributed by atoms with Crippen molar-refractivity contribution in [1.29, 1.82) is 0 Å². The summed E-state index contributed by atoms with van der Waals surface area (Å²) >= 11 is 0. The number of hydrogen-bond acceptors (Lipinski definition) is 3. The van der Waals surface area contributed by atoms with E-state index >= 15 is 0 Å². The average Bonchev–Trinajstić information content (AvgIpc) is 3.67. The van der Waals surface area contributed by atoms with Crippen LogP contribution in [0.2, 0.25) is 0 Å². The molecule has 0 saturated carbocycles. The van der Waals surface area contributed by atoms with Gasteiger partial charge >= 0.3 is 6.92 Å². The molecule has 0 amide bonds. The van der Waals surface area contributed by atoms with E-state index in [0.717, 1.165) is 89.1 Å². The number of aromatic nitrogens is 1. The Kier molecular flexibility index (Phi) is 4.89. The molecule has 47 heavy (non-hydrogen) atoms. The predicted octanol–water partition coefficient (Wildman–Crippen LogP) is 9.62. The highest BCUT2D eigenvalue weighted by atomic mass is 16.5. The second-order valence-corrected chi connectivity index (χ2v) is 12.4. The third kappa shape index (κ3) is 3.43. The van der Waals surface area contributed by atoms with Crippen LogP contribution in [0.1, 0.15) is 0 Å². The summed E-state index contributed by atoms with van der Waals surface area (Å²) in [6.45, 7) is -0.287. The zero-order chi connectivity index (χ0) is 30.6. The van der Waals surface area contributed by atoms with Crippen LogP contribution in [-0.2, 0) is 0 Å². The first-order valence-corrected chi connectivity index (χ1v) is 16.0. The molecule has 0 unspecified atom stereocenters. The molecule has 0 fully saturated rings. The number of para-hydroxylation sites is 4. The van der Waals surface area contributed by atoms with Crippen LogP contribution in [0, 0.1) is 0 Å². The van der Waals surface area contributed by atoms with E-state index in [0.29, 0.717) is 0 Å².